The zero-order chi connectivity index (χ0) is 11.5. The molecule has 3 N–H and O–H groups in total. The summed E-state index contributed by atoms with van der Waals surface area (Å²) in [7, 11) is 0. The molecule has 0 aliphatic rings. The SMILES string of the molecule is CC(C)(C)C(CN)Cc1ccc(O)cc1. The molecule has 1 rings (SSSR count). The van der Waals surface area contributed by atoms with Crippen LogP contribution in [0.25, 0.3) is 0 Å². The molecular weight excluding hydrogens is 186 g/mol. The topological polar surface area (TPSA) is 46.2 Å². The highest BCUT2D eigenvalue weighted by Gasteiger charge is 2.23. The summed E-state index contributed by atoms with van der Waals surface area (Å²) < 4.78 is 0. The number of hydrogen-bond acceptors (Lipinski definition) is 2. The predicted octanol–water partition coefficient (Wildman–Crippen LogP) is 2.56. The first-order valence-corrected chi connectivity index (χ1v) is 5.41. The zero-order valence-electron chi connectivity index (χ0n) is 9.83. The summed E-state index contributed by atoms with van der Waals surface area (Å²) in [5.41, 5.74) is 7.25. The number of benzene rings is 1. The summed E-state index contributed by atoms with van der Waals surface area (Å²) in [6.07, 6.45) is 0.972. The molecule has 84 valence electrons. The Kier molecular flexibility index (Phi) is 3.75. The van der Waals surface area contributed by atoms with Gasteiger partial charge in [-0.15, -0.1) is 0 Å². The Morgan fingerprint density at radius 2 is 1.73 bits per heavy atom. The molecule has 15 heavy (non-hydrogen) atoms. The van der Waals surface area contributed by atoms with Crippen molar-refractivity contribution in [1.82, 2.24) is 0 Å². The fraction of sp³-hybridized carbons (Fsp3) is 0.538. The Labute approximate surface area is 92.1 Å². The number of nitrogens with two attached hydrogens (primary N) is 1. The van der Waals surface area contributed by atoms with E-state index in [0.717, 1.165) is 6.42 Å². The molecule has 0 saturated carbocycles. The van der Waals surface area contributed by atoms with E-state index in [0.29, 0.717) is 18.2 Å². The molecule has 0 fully saturated rings. The third-order valence-electron chi connectivity index (χ3n) is 2.93. The van der Waals surface area contributed by atoms with Crippen LogP contribution in [0.1, 0.15) is 26.3 Å². The van der Waals surface area contributed by atoms with Crippen molar-refractivity contribution in [2.45, 2.75) is 27.2 Å². The van der Waals surface area contributed by atoms with Crippen LogP contribution in [0.2, 0.25) is 0 Å². The van der Waals surface area contributed by atoms with E-state index in [1.807, 2.05) is 12.1 Å². The lowest BCUT2D eigenvalue weighted by Gasteiger charge is -2.29. The monoisotopic (exact) mass is 207 g/mol. The summed E-state index contributed by atoms with van der Waals surface area (Å²) in [4.78, 5) is 0. The van der Waals surface area contributed by atoms with Gasteiger partial charge in [0.2, 0.25) is 0 Å². The molecule has 1 aromatic carbocycles. The van der Waals surface area contributed by atoms with Crippen LogP contribution < -0.4 is 5.73 Å². The number of hydrogen-bond donors (Lipinski definition) is 2. The van der Waals surface area contributed by atoms with Crippen molar-refractivity contribution >= 4 is 0 Å². The molecule has 0 radical (unpaired) electrons. The number of aromatic hydroxyl groups is 1. The van der Waals surface area contributed by atoms with Crippen LogP contribution in [0.4, 0.5) is 0 Å². The first kappa shape index (κ1) is 12.1. The predicted molar refractivity (Wildman–Crippen MR) is 63.8 cm³/mol. The largest absolute Gasteiger partial charge is 0.508 e. The van der Waals surface area contributed by atoms with Gasteiger partial charge in [0.1, 0.15) is 5.75 Å². The van der Waals surface area contributed by atoms with Crippen molar-refractivity contribution in [3.8, 4) is 5.75 Å². The van der Waals surface area contributed by atoms with Crippen LogP contribution in [0.3, 0.4) is 0 Å². The standard InChI is InChI=1S/C13H21NO/c1-13(2,3)11(9-14)8-10-4-6-12(15)7-5-10/h4-7,11,15H,8-9,14H2,1-3H3. The quantitative estimate of drug-likeness (QED) is 0.800. The zero-order valence-corrected chi connectivity index (χ0v) is 9.83. The van der Waals surface area contributed by atoms with E-state index in [4.69, 9.17) is 5.73 Å². The van der Waals surface area contributed by atoms with Gasteiger partial charge in [0.25, 0.3) is 0 Å². The van der Waals surface area contributed by atoms with E-state index in [-0.39, 0.29) is 5.41 Å². The summed E-state index contributed by atoms with van der Waals surface area (Å²) in [5.74, 6) is 0.792. The maximum atomic E-state index is 9.18. The van der Waals surface area contributed by atoms with Gasteiger partial charge in [-0.3, -0.25) is 0 Å². The number of rotatable bonds is 3. The van der Waals surface area contributed by atoms with Gasteiger partial charge < -0.3 is 10.8 Å². The maximum Gasteiger partial charge on any atom is 0.115 e. The molecule has 0 spiro atoms. The molecule has 0 aliphatic heterocycles. The average Bonchev–Trinajstić information content (AvgIpc) is 2.15. The highest BCUT2D eigenvalue weighted by molar-refractivity contribution is 5.26. The summed E-state index contributed by atoms with van der Waals surface area (Å²) in [5, 5.41) is 9.18. The van der Waals surface area contributed by atoms with Crippen molar-refractivity contribution < 1.29 is 5.11 Å². The lowest BCUT2D eigenvalue weighted by molar-refractivity contribution is 0.246. The smallest absolute Gasteiger partial charge is 0.115 e. The van der Waals surface area contributed by atoms with Crippen LogP contribution in [0.15, 0.2) is 24.3 Å². The fourth-order valence-corrected chi connectivity index (χ4v) is 1.66. The van der Waals surface area contributed by atoms with Crippen molar-refractivity contribution in [2.24, 2.45) is 17.1 Å². The molecule has 1 atom stereocenters. The molecule has 0 amide bonds. The minimum Gasteiger partial charge on any atom is -0.508 e. The maximum absolute atomic E-state index is 9.18. The van der Waals surface area contributed by atoms with Gasteiger partial charge in [-0.05, 0) is 42.0 Å². The molecular formula is C13H21NO. The Bertz CT molecular complexity index is 297. The van der Waals surface area contributed by atoms with Crippen LogP contribution in [0.5, 0.6) is 5.75 Å². The average molecular weight is 207 g/mol. The molecule has 0 bridgehead atoms. The minimum atomic E-state index is 0.229. The van der Waals surface area contributed by atoms with Crippen LogP contribution >= 0.6 is 0 Å². The normalized spacial score (nSPS) is 13.9. The van der Waals surface area contributed by atoms with Gasteiger partial charge >= 0.3 is 0 Å². The van der Waals surface area contributed by atoms with Gasteiger partial charge in [-0.2, -0.15) is 0 Å². The van der Waals surface area contributed by atoms with Gasteiger partial charge in [-0.1, -0.05) is 32.9 Å². The molecule has 0 heterocycles. The minimum absolute atomic E-state index is 0.229. The summed E-state index contributed by atoms with van der Waals surface area (Å²) >= 11 is 0. The third-order valence-corrected chi connectivity index (χ3v) is 2.93. The lowest BCUT2D eigenvalue weighted by atomic mass is 9.77. The van der Waals surface area contributed by atoms with Crippen LogP contribution in [0, 0.1) is 11.3 Å². The van der Waals surface area contributed by atoms with E-state index in [2.05, 4.69) is 20.8 Å². The van der Waals surface area contributed by atoms with Crippen molar-refractivity contribution in [3.63, 3.8) is 0 Å². The van der Waals surface area contributed by atoms with Gasteiger partial charge in [-0.25, -0.2) is 0 Å². The van der Waals surface area contributed by atoms with Crippen LogP contribution in [-0.4, -0.2) is 11.7 Å². The van der Waals surface area contributed by atoms with Crippen molar-refractivity contribution in [2.75, 3.05) is 6.54 Å². The Balaban J connectivity index is 2.71. The second-order valence-corrected chi connectivity index (χ2v) is 5.17. The Hall–Kier alpha value is -1.02. The highest BCUT2D eigenvalue weighted by Crippen LogP contribution is 2.28. The molecule has 0 saturated heterocycles. The Morgan fingerprint density at radius 1 is 1.20 bits per heavy atom. The molecule has 2 heteroatoms. The van der Waals surface area contributed by atoms with Gasteiger partial charge in [0, 0.05) is 0 Å². The first-order valence-electron chi connectivity index (χ1n) is 5.41. The van der Waals surface area contributed by atoms with E-state index >= 15 is 0 Å². The summed E-state index contributed by atoms with van der Waals surface area (Å²) in [6.45, 7) is 7.34. The third kappa shape index (κ3) is 3.56. The molecule has 1 unspecified atom stereocenters. The molecule has 0 aliphatic carbocycles. The molecule has 0 aromatic heterocycles. The van der Waals surface area contributed by atoms with E-state index in [1.54, 1.807) is 12.1 Å². The second-order valence-electron chi connectivity index (χ2n) is 5.17. The first-order chi connectivity index (χ1) is 6.93. The highest BCUT2D eigenvalue weighted by atomic mass is 16.3. The lowest BCUT2D eigenvalue weighted by Crippen LogP contribution is -2.29. The van der Waals surface area contributed by atoms with Gasteiger partial charge in [0.15, 0.2) is 0 Å². The second kappa shape index (κ2) is 4.67. The molecule has 1 aromatic rings. The summed E-state index contributed by atoms with van der Waals surface area (Å²) in [6, 6.07) is 7.38. The van der Waals surface area contributed by atoms with E-state index in [9.17, 15) is 5.11 Å². The van der Waals surface area contributed by atoms with Crippen molar-refractivity contribution in [1.29, 1.82) is 0 Å². The van der Waals surface area contributed by atoms with E-state index in [1.165, 1.54) is 5.56 Å². The Morgan fingerprint density at radius 3 is 2.13 bits per heavy atom. The van der Waals surface area contributed by atoms with E-state index < -0.39 is 0 Å². The fourth-order valence-electron chi connectivity index (χ4n) is 1.66. The molecule has 2 nitrogen and oxygen atoms in total. The number of phenolic OH excluding ortho intramolecular Hbond substituents is 1. The number of phenols is 1. The van der Waals surface area contributed by atoms with Crippen molar-refractivity contribution in [3.05, 3.63) is 29.8 Å². The van der Waals surface area contributed by atoms with Gasteiger partial charge in [0.05, 0.1) is 0 Å². The van der Waals surface area contributed by atoms with Crippen LogP contribution in [-0.2, 0) is 6.42 Å².